The third-order valence-electron chi connectivity index (χ3n) is 3.69. The Morgan fingerprint density at radius 1 is 1.29 bits per heavy atom. The van der Waals surface area contributed by atoms with Crippen LogP contribution >= 0.6 is 0 Å². The molecule has 4 nitrogen and oxygen atoms in total. The van der Waals surface area contributed by atoms with Gasteiger partial charge < -0.3 is 10.5 Å². The van der Waals surface area contributed by atoms with Crippen molar-refractivity contribution in [2.45, 2.75) is 12.6 Å². The second kappa shape index (κ2) is 4.04. The van der Waals surface area contributed by atoms with Gasteiger partial charge >= 0.3 is 6.09 Å². The van der Waals surface area contributed by atoms with E-state index in [4.69, 9.17) is 10.5 Å². The molecule has 0 bridgehead atoms. The first kappa shape index (κ1) is 10.6. The summed E-state index contributed by atoms with van der Waals surface area (Å²) in [6.07, 6.45) is -0.557. The summed E-state index contributed by atoms with van der Waals surface area (Å²) >= 11 is 0. The average Bonchev–Trinajstić information content (AvgIpc) is 2.74. The highest BCUT2D eigenvalue weighted by Crippen LogP contribution is 2.47. The molecule has 2 N–H and O–H groups in total. The lowest BCUT2D eigenvalue weighted by Crippen LogP contribution is -2.27. The molecule has 2 atom stereocenters. The van der Waals surface area contributed by atoms with E-state index in [-0.39, 0.29) is 6.10 Å². The van der Waals surface area contributed by atoms with Crippen molar-refractivity contribution in [1.82, 2.24) is 4.90 Å². The number of hydrogen-bond acceptors (Lipinski definition) is 3. The standard InChI is InChI=1S/C13H16N2O2/c14-13(16)17-12-10-7-15(8-11(10)12)6-9-4-2-1-3-5-9/h1-5,10-12H,6-8H2,(H2,14,16). The highest BCUT2D eigenvalue weighted by atomic mass is 16.6. The fraction of sp³-hybridized carbons (Fsp3) is 0.462. The van der Waals surface area contributed by atoms with Gasteiger partial charge in [-0.3, -0.25) is 4.90 Å². The number of primary amides is 1. The SMILES string of the molecule is NC(=O)OC1C2CN(Cc3ccccc3)CC21. The van der Waals surface area contributed by atoms with E-state index < -0.39 is 6.09 Å². The Hall–Kier alpha value is -1.55. The van der Waals surface area contributed by atoms with E-state index in [1.807, 2.05) is 6.07 Å². The van der Waals surface area contributed by atoms with Gasteiger partial charge in [-0.05, 0) is 5.56 Å². The minimum atomic E-state index is -0.640. The van der Waals surface area contributed by atoms with Gasteiger partial charge in [-0.1, -0.05) is 30.3 Å². The van der Waals surface area contributed by atoms with Crippen LogP contribution < -0.4 is 5.73 Å². The Balaban J connectivity index is 1.51. The Kier molecular flexibility index (Phi) is 2.52. The van der Waals surface area contributed by atoms with E-state index in [0.29, 0.717) is 11.8 Å². The van der Waals surface area contributed by atoms with Gasteiger partial charge in [-0.25, -0.2) is 4.79 Å². The minimum Gasteiger partial charge on any atom is -0.446 e. The van der Waals surface area contributed by atoms with Crippen molar-refractivity contribution in [2.75, 3.05) is 13.1 Å². The van der Waals surface area contributed by atoms with Crippen LogP contribution in [0.25, 0.3) is 0 Å². The van der Waals surface area contributed by atoms with Crippen LogP contribution in [-0.4, -0.2) is 30.2 Å². The lowest BCUT2D eigenvalue weighted by atomic mass is 10.2. The normalized spacial score (nSPS) is 30.9. The van der Waals surface area contributed by atoms with Crippen molar-refractivity contribution < 1.29 is 9.53 Å². The van der Waals surface area contributed by atoms with Gasteiger partial charge in [-0.15, -0.1) is 0 Å². The number of amides is 1. The van der Waals surface area contributed by atoms with Gasteiger partial charge in [0.15, 0.2) is 0 Å². The molecule has 2 aliphatic rings. The molecule has 3 rings (SSSR count). The number of ether oxygens (including phenoxy) is 1. The number of likely N-dealkylation sites (tertiary alicyclic amines) is 1. The lowest BCUT2D eigenvalue weighted by molar-refractivity contribution is 0.122. The zero-order valence-corrected chi connectivity index (χ0v) is 9.58. The monoisotopic (exact) mass is 232 g/mol. The number of fused-ring (bicyclic) bond motifs is 1. The molecule has 1 aliphatic carbocycles. The van der Waals surface area contributed by atoms with E-state index in [9.17, 15) is 4.79 Å². The number of carbonyl (C=O) groups excluding carboxylic acids is 1. The largest absolute Gasteiger partial charge is 0.446 e. The van der Waals surface area contributed by atoms with Crippen molar-refractivity contribution in [2.24, 2.45) is 17.6 Å². The quantitative estimate of drug-likeness (QED) is 0.852. The number of hydrogen-bond donors (Lipinski definition) is 1. The van der Waals surface area contributed by atoms with E-state index >= 15 is 0 Å². The number of nitrogens with two attached hydrogens (primary N) is 1. The molecular formula is C13H16N2O2. The highest BCUT2D eigenvalue weighted by Gasteiger charge is 2.58. The predicted octanol–water partition coefficient (Wildman–Crippen LogP) is 1.21. The van der Waals surface area contributed by atoms with Crippen LogP contribution in [-0.2, 0) is 11.3 Å². The van der Waals surface area contributed by atoms with E-state index in [2.05, 4.69) is 29.2 Å². The lowest BCUT2D eigenvalue weighted by Gasteiger charge is -2.19. The molecule has 2 fully saturated rings. The summed E-state index contributed by atoms with van der Waals surface area (Å²) in [6, 6.07) is 10.4. The fourth-order valence-electron chi connectivity index (χ4n) is 2.84. The van der Waals surface area contributed by atoms with Crippen LogP contribution in [0.15, 0.2) is 30.3 Å². The van der Waals surface area contributed by atoms with Gasteiger partial charge in [0, 0.05) is 31.5 Å². The summed E-state index contributed by atoms with van der Waals surface area (Å²) in [5, 5.41) is 0. The van der Waals surface area contributed by atoms with E-state index in [1.54, 1.807) is 0 Å². The smallest absolute Gasteiger partial charge is 0.404 e. The molecule has 17 heavy (non-hydrogen) atoms. The molecule has 1 saturated carbocycles. The molecule has 4 heteroatoms. The highest BCUT2D eigenvalue weighted by molar-refractivity contribution is 5.65. The van der Waals surface area contributed by atoms with Gasteiger partial charge in [-0.2, -0.15) is 0 Å². The molecule has 1 aromatic rings. The van der Waals surface area contributed by atoms with Gasteiger partial charge in [0.25, 0.3) is 0 Å². The van der Waals surface area contributed by atoms with Crippen molar-refractivity contribution >= 4 is 6.09 Å². The number of benzene rings is 1. The van der Waals surface area contributed by atoms with Gasteiger partial charge in [0.2, 0.25) is 0 Å². The van der Waals surface area contributed by atoms with Gasteiger partial charge in [0.1, 0.15) is 6.10 Å². The second-order valence-corrected chi connectivity index (χ2v) is 4.91. The first-order chi connectivity index (χ1) is 8.24. The summed E-state index contributed by atoms with van der Waals surface area (Å²) < 4.78 is 5.04. The molecular weight excluding hydrogens is 216 g/mol. The molecule has 2 unspecified atom stereocenters. The Labute approximate surface area is 100 Å². The van der Waals surface area contributed by atoms with Crippen LogP contribution in [0.2, 0.25) is 0 Å². The Bertz CT molecular complexity index is 409. The Morgan fingerprint density at radius 3 is 2.53 bits per heavy atom. The molecule has 1 aromatic carbocycles. The van der Waals surface area contributed by atoms with Crippen molar-refractivity contribution in [3.8, 4) is 0 Å². The molecule has 1 aliphatic heterocycles. The maximum absolute atomic E-state index is 10.6. The molecule has 1 amide bonds. The third-order valence-corrected chi connectivity index (χ3v) is 3.69. The summed E-state index contributed by atoms with van der Waals surface area (Å²) in [7, 11) is 0. The van der Waals surface area contributed by atoms with Crippen LogP contribution in [0.3, 0.4) is 0 Å². The Morgan fingerprint density at radius 2 is 1.94 bits per heavy atom. The van der Waals surface area contributed by atoms with Crippen molar-refractivity contribution in [1.29, 1.82) is 0 Å². The van der Waals surface area contributed by atoms with Crippen molar-refractivity contribution in [3.63, 3.8) is 0 Å². The van der Waals surface area contributed by atoms with Crippen LogP contribution in [0, 0.1) is 11.8 Å². The molecule has 1 saturated heterocycles. The van der Waals surface area contributed by atoms with Crippen LogP contribution in [0.1, 0.15) is 5.56 Å². The third kappa shape index (κ3) is 2.13. The average molecular weight is 232 g/mol. The first-order valence-electron chi connectivity index (χ1n) is 5.96. The molecule has 1 heterocycles. The summed E-state index contributed by atoms with van der Waals surface area (Å²) in [5.41, 5.74) is 6.35. The molecule has 0 aromatic heterocycles. The van der Waals surface area contributed by atoms with Crippen LogP contribution in [0.5, 0.6) is 0 Å². The van der Waals surface area contributed by atoms with Gasteiger partial charge in [0.05, 0.1) is 0 Å². The zero-order chi connectivity index (χ0) is 11.8. The maximum atomic E-state index is 10.6. The topological polar surface area (TPSA) is 55.6 Å². The summed E-state index contributed by atoms with van der Waals surface area (Å²) in [6.45, 7) is 3.01. The first-order valence-corrected chi connectivity index (χ1v) is 5.96. The maximum Gasteiger partial charge on any atom is 0.404 e. The summed E-state index contributed by atoms with van der Waals surface area (Å²) in [4.78, 5) is 13.0. The second-order valence-electron chi connectivity index (χ2n) is 4.91. The van der Waals surface area contributed by atoms with Crippen molar-refractivity contribution in [3.05, 3.63) is 35.9 Å². The van der Waals surface area contributed by atoms with Crippen LogP contribution in [0.4, 0.5) is 4.79 Å². The molecule has 0 radical (unpaired) electrons. The molecule has 90 valence electrons. The number of piperidine rings is 1. The minimum absolute atomic E-state index is 0.0829. The number of rotatable bonds is 3. The number of carbonyl (C=O) groups is 1. The summed E-state index contributed by atoms with van der Waals surface area (Å²) in [5.74, 6) is 1.01. The van der Waals surface area contributed by atoms with E-state index in [0.717, 1.165) is 19.6 Å². The van der Waals surface area contributed by atoms with E-state index in [1.165, 1.54) is 5.56 Å². The molecule has 0 spiro atoms. The predicted molar refractivity (Wildman–Crippen MR) is 63.2 cm³/mol. The number of nitrogens with zero attached hydrogens (tertiary/aromatic N) is 1. The fourth-order valence-corrected chi connectivity index (χ4v) is 2.84. The zero-order valence-electron chi connectivity index (χ0n) is 9.58.